The highest BCUT2D eigenvalue weighted by Crippen LogP contribution is 2.39. The van der Waals surface area contributed by atoms with Gasteiger partial charge in [0.15, 0.2) is 0 Å². The number of hydrogen-bond donors (Lipinski definition) is 2. The molecule has 1 aromatic carbocycles. The van der Waals surface area contributed by atoms with E-state index in [1.807, 2.05) is 31.2 Å². The highest BCUT2D eigenvalue weighted by Gasteiger charge is 2.42. The van der Waals surface area contributed by atoms with Gasteiger partial charge >= 0.3 is 0 Å². The number of benzene rings is 1. The first-order valence-corrected chi connectivity index (χ1v) is 9.04. The van der Waals surface area contributed by atoms with E-state index in [0.29, 0.717) is 5.75 Å². The number of hydrogen-bond acceptors (Lipinski definition) is 5. The summed E-state index contributed by atoms with van der Waals surface area (Å²) in [5, 5.41) is 24.2. The Morgan fingerprint density at radius 1 is 1.42 bits per heavy atom. The van der Waals surface area contributed by atoms with Crippen LogP contribution in [-0.2, 0) is 4.79 Å². The normalized spacial score (nSPS) is 17.0. The molecule has 5 nitrogen and oxygen atoms in total. The molecule has 126 valence electrons. The van der Waals surface area contributed by atoms with Gasteiger partial charge < -0.3 is 10.6 Å². The second-order valence-electron chi connectivity index (χ2n) is 6.33. The molecule has 0 aliphatic heterocycles. The molecule has 2 rings (SSSR count). The number of anilines is 1. The van der Waals surface area contributed by atoms with Crippen LogP contribution < -0.4 is 10.6 Å². The molecule has 24 heavy (non-hydrogen) atoms. The molecule has 0 radical (unpaired) electrons. The molecule has 1 aliphatic carbocycles. The van der Waals surface area contributed by atoms with Gasteiger partial charge in [0.05, 0.1) is 24.6 Å². The third-order valence-electron chi connectivity index (χ3n) is 4.06. The maximum atomic E-state index is 12.2. The fraction of sp³-hybridized carbons (Fsp3) is 0.500. The molecule has 1 fully saturated rings. The van der Waals surface area contributed by atoms with Crippen molar-refractivity contribution < 1.29 is 4.79 Å². The minimum atomic E-state index is -0.769. The van der Waals surface area contributed by atoms with Gasteiger partial charge in [-0.1, -0.05) is 12.1 Å². The van der Waals surface area contributed by atoms with E-state index in [4.69, 9.17) is 5.26 Å². The number of carbonyl (C=O) groups excluding carboxylic acids is 1. The smallest absolute Gasteiger partial charge is 0.240 e. The number of para-hydroxylation sites is 1. The van der Waals surface area contributed by atoms with Crippen molar-refractivity contribution in [1.29, 1.82) is 10.5 Å². The lowest BCUT2D eigenvalue weighted by molar-refractivity contribution is -0.120. The van der Waals surface area contributed by atoms with Crippen LogP contribution in [0.3, 0.4) is 0 Å². The Morgan fingerprint density at radius 3 is 2.75 bits per heavy atom. The van der Waals surface area contributed by atoms with Gasteiger partial charge in [0, 0.05) is 16.3 Å². The Hall–Kier alpha value is -2.18. The Kier molecular flexibility index (Phi) is 6.11. The summed E-state index contributed by atoms with van der Waals surface area (Å²) in [5.74, 6) is 0.759. The van der Waals surface area contributed by atoms with Crippen LogP contribution in [0.1, 0.15) is 26.7 Å². The summed E-state index contributed by atoms with van der Waals surface area (Å²) in [5.41, 5.74) is 0.0998. The maximum Gasteiger partial charge on any atom is 0.240 e. The van der Waals surface area contributed by atoms with E-state index in [2.05, 4.69) is 22.8 Å². The number of nitriles is 2. The molecule has 1 aromatic rings. The van der Waals surface area contributed by atoms with Crippen LogP contribution in [-0.4, -0.2) is 23.7 Å². The number of nitrogens with zero attached hydrogens (tertiary/aromatic N) is 2. The van der Waals surface area contributed by atoms with Crippen LogP contribution in [0.4, 0.5) is 5.69 Å². The lowest BCUT2D eigenvalue weighted by Gasteiger charge is -2.23. The molecule has 2 N–H and O–H groups in total. The number of rotatable bonds is 8. The molecule has 6 heteroatoms. The van der Waals surface area contributed by atoms with Crippen LogP contribution in [0.25, 0.3) is 0 Å². The second kappa shape index (κ2) is 8.08. The molecular formula is C18H22N4OS. The topological polar surface area (TPSA) is 88.7 Å². The number of carbonyl (C=O) groups is 1. The van der Waals surface area contributed by atoms with E-state index in [1.54, 1.807) is 18.7 Å². The van der Waals surface area contributed by atoms with E-state index in [9.17, 15) is 10.1 Å². The predicted octanol–water partition coefficient (Wildman–Crippen LogP) is 3.16. The van der Waals surface area contributed by atoms with Crippen LogP contribution >= 0.6 is 11.8 Å². The van der Waals surface area contributed by atoms with E-state index in [-0.39, 0.29) is 24.3 Å². The molecule has 1 amide bonds. The summed E-state index contributed by atoms with van der Waals surface area (Å²) in [6.07, 6.45) is 1.99. The van der Waals surface area contributed by atoms with E-state index < -0.39 is 5.54 Å². The van der Waals surface area contributed by atoms with E-state index >= 15 is 0 Å². The molecule has 0 heterocycles. The van der Waals surface area contributed by atoms with Crippen molar-refractivity contribution in [2.75, 3.05) is 17.6 Å². The molecule has 0 unspecified atom stereocenters. The fourth-order valence-corrected chi connectivity index (χ4v) is 3.36. The van der Waals surface area contributed by atoms with E-state index in [1.165, 1.54) is 0 Å². The molecule has 1 saturated carbocycles. The standard InChI is InChI=1S/C18H22N4OS/c1-13(9-19)11-24-16-6-4-3-5-15(16)21-10-17(23)22-18(2,12-20)14-7-8-14/h3-6,13-14,21H,7-8,10-11H2,1-2H3,(H,22,23)/t13-,18-/m1/s1. The number of thioether (sulfide) groups is 1. The van der Waals surface area contributed by atoms with Crippen LogP contribution in [0, 0.1) is 34.5 Å². The van der Waals surface area contributed by atoms with Gasteiger partial charge in [-0.2, -0.15) is 10.5 Å². The summed E-state index contributed by atoms with van der Waals surface area (Å²) in [4.78, 5) is 13.2. The minimum absolute atomic E-state index is 0.0266. The van der Waals surface area contributed by atoms with Crippen molar-refractivity contribution in [1.82, 2.24) is 5.32 Å². The first-order chi connectivity index (χ1) is 11.5. The van der Waals surface area contributed by atoms with Crippen molar-refractivity contribution in [3.8, 4) is 12.1 Å². The predicted molar refractivity (Wildman–Crippen MR) is 95.3 cm³/mol. The third kappa shape index (κ3) is 4.91. The van der Waals surface area contributed by atoms with Crippen LogP contribution in [0.5, 0.6) is 0 Å². The van der Waals surface area contributed by atoms with Gasteiger partial charge in [0.1, 0.15) is 5.54 Å². The summed E-state index contributed by atoms with van der Waals surface area (Å²) in [6, 6.07) is 12.2. The fourth-order valence-electron chi connectivity index (χ4n) is 2.38. The van der Waals surface area contributed by atoms with Crippen LogP contribution in [0.15, 0.2) is 29.2 Å². The Morgan fingerprint density at radius 2 is 2.12 bits per heavy atom. The SMILES string of the molecule is C[C@H](C#N)CSc1ccccc1NCC(=O)N[C@](C)(C#N)C1CC1. The lowest BCUT2D eigenvalue weighted by Crippen LogP contribution is -2.48. The van der Waals surface area contributed by atoms with Crippen molar-refractivity contribution in [2.45, 2.75) is 37.1 Å². The molecule has 1 aliphatic rings. The van der Waals surface area contributed by atoms with Crippen molar-refractivity contribution in [3.05, 3.63) is 24.3 Å². The van der Waals surface area contributed by atoms with Crippen LogP contribution in [0.2, 0.25) is 0 Å². The van der Waals surface area contributed by atoms with Crippen molar-refractivity contribution in [3.63, 3.8) is 0 Å². The molecule has 0 bridgehead atoms. The quantitative estimate of drug-likeness (QED) is 0.708. The summed E-state index contributed by atoms with van der Waals surface area (Å²) >= 11 is 1.59. The average Bonchev–Trinajstić information content (AvgIpc) is 3.43. The van der Waals surface area contributed by atoms with Gasteiger partial charge in [0.2, 0.25) is 5.91 Å². The molecular weight excluding hydrogens is 320 g/mol. The maximum absolute atomic E-state index is 12.2. The summed E-state index contributed by atoms with van der Waals surface area (Å²) < 4.78 is 0. The lowest BCUT2D eigenvalue weighted by atomic mass is 9.98. The molecule has 0 aromatic heterocycles. The highest BCUT2D eigenvalue weighted by atomic mass is 32.2. The highest BCUT2D eigenvalue weighted by molar-refractivity contribution is 7.99. The zero-order valence-corrected chi connectivity index (χ0v) is 14.8. The van der Waals surface area contributed by atoms with Crippen molar-refractivity contribution >= 4 is 23.4 Å². The van der Waals surface area contributed by atoms with Gasteiger partial charge in [0.25, 0.3) is 0 Å². The zero-order valence-electron chi connectivity index (χ0n) is 14.0. The monoisotopic (exact) mass is 342 g/mol. The van der Waals surface area contributed by atoms with Gasteiger partial charge in [-0.25, -0.2) is 0 Å². The number of nitrogens with one attached hydrogen (secondary N) is 2. The first-order valence-electron chi connectivity index (χ1n) is 8.06. The van der Waals surface area contributed by atoms with Gasteiger partial charge in [-0.3, -0.25) is 4.79 Å². The minimum Gasteiger partial charge on any atom is -0.375 e. The van der Waals surface area contributed by atoms with Gasteiger partial charge in [-0.15, -0.1) is 11.8 Å². The number of amides is 1. The largest absolute Gasteiger partial charge is 0.375 e. The summed E-state index contributed by atoms with van der Waals surface area (Å²) in [6.45, 7) is 3.79. The second-order valence-corrected chi connectivity index (χ2v) is 7.39. The Balaban J connectivity index is 1.91. The zero-order chi connectivity index (χ0) is 17.6. The average molecular weight is 342 g/mol. The molecule has 2 atom stereocenters. The Bertz CT molecular complexity index is 674. The Labute approximate surface area is 147 Å². The molecule has 0 saturated heterocycles. The van der Waals surface area contributed by atoms with E-state index in [0.717, 1.165) is 23.4 Å². The first kappa shape index (κ1) is 18.2. The summed E-state index contributed by atoms with van der Waals surface area (Å²) in [7, 11) is 0. The molecule has 0 spiro atoms. The van der Waals surface area contributed by atoms with Crippen molar-refractivity contribution in [2.24, 2.45) is 11.8 Å². The van der Waals surface area contributed by atoms with Gasteiger partial charge in [-0.05, 0) is 44.7 Å². The third-order valence-corrected chi connectivity index (χ3v) is 5.39.